The molecule has 2 aromatic heterocycles. The summed E-state index contributed by atoms with van der Waals surface area (Å²) in [5, 5.41) is 5.13. The SMILES string of the molecule is Clc1nccn2nc(C3CCCCC3)cc12. The third kappa shape index (κ3) is 1.69. The second-order valence-corrected chi connectivity index (χ2v) is 4.81. The van der Waals surface area contributed by atoms with E-state index in [9.17, 15) is 0 Å². The van der Waals surface area contributed by atoms with Gasteiger partial charge in [-0.15, -0.1) is 0 Å². The highest BCUT2D eigenvalue weighted by atomic mass is 35.5. The van der Waals surface area contributed by atoms with E-state index >= 15 is 0 Å². The Bertz CT molecular complexity index is 500. The number of hydrogen-bond donors (Lipinski definition) is 0. The summed E-state index contributed by atoms with van der Waals surface area (Å²) in [5.41, 5.74) is 2.10. The summed E-state index contributed by atoms with van der Waals surface area (Å²) in [6.07, 6.45) is 10.1. The highest BCUT2D eigenvalue weighted by molar-refractivity contribution is 6.32. The van der Waals surface area contributed by atoms with E-state index in [4.69, 9.17) is 11.6 Å². The molecule has 84 valence electrons. The summed E-state index contributed by atoms with van der Waals surface area (Å²) < 4.78 is 1.83. The summed E-state index contributed by atoms with van der Waals surface area (Å²) in [6, 6.07) is 2.09. The fourth-order valence-corrected chi connectivity index (χ4v) is 2.70. The predicted molar refractivity (Wildman–Crippen MR) is 63.8 cm³/mol. The van der Waals surface area contributed by atoms with Gasteiger partial charge in [0.15, 0.2) is 5.15 Å². The lowest BCUT2D eigenvalue weighted by Crippen LogP contribution is -2.05. The normalized spacial score (nSPS) is 18.1. The van der Waals surface area contributed by atoms with Gasteiger partial charge in [-0.3, -0.25) is 0 Å². The van der Waals surface area contributed by atoms with Crippen molar-refractivity contribution in [2.45, 2.75) is 38.0 Å². The fourth-order valence-electron chi connectivity index (χ4n) is 2.51. The Labute approximate surface area is 99.4 Å². The monoisotopic (exact) mass is 235 g/mol. The van der Waals surface area contributed by atoms with Crippen molar-refractivity contribution in [1.29, 1.82) is 0 Å². The fraction of sp³-hybridized carbons (Fsp3) is 0.500. The molecule has 0 atom stereocenters. The van der Waals surface area contributed by atoms with Crippen LogP contribution in [-0.2, 0) is 0 Å². The zero-order valence-electron chi connectivity index (χ0n) is 9.06. The van der Waals surface area contributed by atoms with E-state index < -0.39 is 0 Å². The second kappa shape index (κ2) is 4.06. The molecule has 3 nitrogen and oxygen atoms in total. The van der Waals surface area contributed by atoms with Gasteiger partial charge < -0.3 is 0 Å². The van der Waals surface area contributed by atoms with Crippen molar-refractivity contribution < 1.29 is 0 Å². The number of nitrogens with zero attached hydrogens (tertiary/aromatic N) is 3. The van der Waals surface area contributed by atoms with Crippen LogP contribution in [-0.4, -0.2) is 14.6 Å². The third-order valence-electron chi connectivity index (χ3n) is 3.39. The van der Waals surface area contributed by atoms with E-state index in [2.05, 4.69) is 16.1 Å². The minimum Gasteiger partial charge on any atom is -0.241 e. The first-order valence-corrected chi connectivity index (χ1v) is 6.22. The van der Waals surface area contributed by atoms with E-state index in [0.29, 0.717) is 11.1 Å². The van der Waals surface area contributed by atoms with Crippen LogP contribution >= 0.6 is 11.6 Å². The molecule has 1 aliphatic rings. The largest absolute Gasteiger partial charge is 0.241 e. The van der Waals surface area contributed by atoms with E-state index in [1.807, 2.05) is 10.7 Å². The summed E-state index contributed by atoms with van der Waals surface area (Å²) >= 11 is 6.04. The Morgan fingerprint density at radius 2 is 2.06 bits per heavy atom. The first kappa shape index (κ1) is 10.1. The number of halogens is 1. The van der Waals surface area contributed by atoms with Gasteiger partial charge in [-0.05, 0) is 18.9 Å². The first-order valence-electron chi connectivity index (χ1n) is 5.84. The highest BCUT2D eigenvalue weighted by Gasteiger charge is 2.18. The molecule has 2 aromatic rings. The maximum atomic E-state index is 6.04. The Hall–Kier alpha value is -1.09. The van der Waals surface area contributed by atoms with Crippen molar-refractivity contribution in [2.75, 3.05) is 0 Å². The molecule has 0 aromatic carbocycles. The number of aromatic nitrogens is 3. The topological polar surface area (TPSA) is 30.2 Å². The van der Waals surface area contributed by atoms with Crippen molar-refractivity contribution in [3.8, 4) is 0 Å². The van der Waals surface area contributed by atoms with E-state index in [1.54, 1.807) is 6.20 Å². The summed E-state index contributed by atoms with van der Waals surface area (Å²) in [6.45, 7) is 0. The van der Waals surface area contributed by atoms with Crippen molar-refractivity contribution in [1.82, 2.24) is 14.6 Å². The van der Waals surface area contributed by atoms with Gasteiger partial charge in [-0.25, -0.2) is 9.50 Å². The molecule has 0 radical (unpaired) electrons. The van der Waals surface area contributed by atoms with Crippen molar-refractivity contribution in [2.24, 2.45) is 0 Å². The van der Waals surface area contributed by atoms with Gasteiger partial charge in [0.1, 0.15) is 5.52 Å². The average Bonchev–Trinajstić information content (AvgIpc) is 2.76. The molecule has 0 unspecified atom stereocenters. The van der Waals surface area contributed by atoms with Crippen LogP contribution in [0, 0.1) is 0 Å². The lowest BCUT2D eigenvalue weighted by Gasteiger charge is -2.19. The number of hydrogen-bond acceptors (Lipinski definition) is 2. The van der Waals surface area contributed by atoms with Crippen LogP contribution < -0.4 is 0 Å². The Kier molecular flexibility index (Phi) is 2.56. The summed E-state index contributed by atoms with van der Waals surface area (Å²) in [5.74, 6) is 0.615. The predicted octanol–water partition coefficient (Wildman–Crippen LogP) is 3.43. The minimum atomic E-state index is 0.539. The highest BCUT2D eigenvalue weighted by Crippen LogP contribution is 2.32. The average molecular weight is 236 g/mol. The zero-order chi connectivity index (χ0) is 11.0. The van der Waals surface area contributed by atoms with Crippen LogP contribution in [0.25, 0.3) is 5.52 Å². The molecule has 0 bridgehead atoms. The standard InChI is InChI=1S/C12H14ClN3/c13-12-11-8-10(9-4-2-1-3-5-9)15-16(11)7-6-14-12/h6-9H,1-5H2. The number of rotatable bonds is 1. The Morgan fingerprint density at radius 3 is 2.81 bits per heavy atom. The lowest BCUT2D eigenvalue weighted by atomic mass is 9.87. The molecule has 1 aliphatic carbocycles. The summed E-state index contributed by atoms with van der Waals surface area (Å²) in [7, 11) is 0. The van der Waals surface area contributed by atoms with Gasteiger partial charge in [0, 0.05) is 18.3 Å². The van der Waals surface area contributed by atoms with Gasteiger partial charge in [0.25, 0.3) is 0 Å². The molecule has 4 heteroatoms. The van der Waals surface area contributed by atoms with Gasteiger partial charge >= 0.3 is 0 Å². The molecule has 16 heavy (non-hydrogen) atoms. The maximum Gasteiger partial charge on any atom is 0.154 e. The van der Waals surface area contributed by atoms with Crippen molar-refractivity contribution in [3.05, 3.63) is 29.3 Å². The molecule has 0 saturated heterocycles. The van der Waals surface area contributed by atoms with E-state index in [0.717, 1.165) is 5.52 Å². The van der Waals surface area contributed by atoms with Crippen molar-refractivity contribution >= 4 is 17.1 Å². The maximum absolute atomic E-state index is 6.04. The smallest absolute Gasteiger partial charge is 0.154 e. The first-order chi connectivity index (χ1) is 7.84. The van der Waals surface area contributed by atoms with E-state index in [-0.39, 0.29) is 0 Å². The minimum absolute atomic E-state index is 0.539. The van der Waals surface area contributed by atoms with E-state index in [1.165, 1.54) is 37.8 Å². The molecular weight excluding hydrogens is 222 g/mol. The molecule has 0 N–H and O–H groups in total. The van der Waals surface area contributed by atoms with Gasteiger partial charge in [0.05, 0.1) is 5.69 Å². The van der Waals surface area contributed by atoms with Crippen molar-refractivity contribution in [3.63, 3.8) is 0 Å². The zero-order valence-corrected chi connectivity index (χ0v) is 9.82. The summed E-state index contributed by atoms with van der Waals surface area (Å²) in [4.78, 5) is 4.07. The number of fused-ring (bicyclic) bond motifs is 1. The third-order valence-corrected chi connectivity index (χ3v) is 3.68. The molecule has 1 fully saturated rings. The van der Waals surface area contributed by atoms with Crippen LogP contribution in [0.2, 0.25) is 5.15 Å². The van der Waals surface area contributed by atoms with Crippen LogP contribution in [0.15, 0.2) is 18.5 Å². The van der Waals surface area contributed by atoms with Gasteiger partial charge in [0.2, 0.25) is 0 Å². The van der Waals surface area contributed by atoms with Gasteiger partial charge in [-0.1, -0.05) is 30.9 Å². The molecule has 0 amide bonds. The van der Waals surface area contributed by atoms with Crippen LogP contribution in [0.3, 0.4) is 0 Å². The Morgan fingerprint density at radius 1 is 1.25 bits per heavy atom. The molecule has 0 spiro atoms. The second-order valence-electron chi connectivity index (χ2n) is 4.45. The van der Waals surface area contributed by atoms with Gasteiger partial charge in [-0.2, -0.15) is 5.10 Å². The molecule has 2 heterocycles. The molecular formula is C12H14ClN3. The quantitative estimate of drug-likeness (QED) is 0.758. The Balaban J connectivity index is 2.01. The molecule has 1 saturated carbocycles. The van der Waals surface area contributed by atoms with Crippen LogP contribution in [0.4, 0.5) is 0 Å². The lowest BCUT2D eigenvalue weighted by molar-refractivity contribution is 0.435. The molecule has 0 aliphatic heterocycles. The molecule has 3 rings (SSSR count). The van der Waals surface area contributed by atoms with Crippen LogP contribution in [0.1, 0.15) is 43.7 Å². The van der Waals surface area contributed by atoms with Crippen LogP contribution in [0.5, 0.6) is 0 Å².